The van der Waals surface area contributed by atoms with E-state index in [-0.39, 0.29) is 10.8 Å². The maximum atomic E-state index is 12.0. The summed E-state index contributed by atoms with van der Waals surface area (Å²) in [6, 6.07) is 4.48. The Balaban J connectivity index is 2.30. The minimum absolute atomic E-state index is 0.0456. The molecule has 1 aromatic carbocycles. The molecule has 0 spiro atoms. The lowest BCUT2D eigenvalue weighted by atomic mass is 10.2. The summed E-state index contributed by atoms with van der Waals surface area (Å²) in [5.74, 6) is 0.121. The summed E-state index contributed by atoms with van der Waals surface area (Å²) in [5, 5.41) is 9.32. The molecule has 2 N–H and O–H groups in total. The molecular formula is C11H13N3O3S. The Kier molecular flexibility index (Phi) is 3.00. The zero-order valence-corrected chi connectivity index (χ0v) is 10.8. The topological polar surface area (TPSA) is 84.2 Å². The fourth-order valence-electron chi connectivity index (χ4n) is 1.45. The van der Waals surface area contributed by atoms with Crippen LogP contribution in [0.1, 0.15) is 5.56 Å². The van der Waals surface area contributed by atoms with Crippen LogP contribution in [0.2, 0.25) is 0 Å². The molecule has 1 aromatic heterocycles. The van der Waals surface area contributed by atoms with Gasteiger partial charge in [-0.2, -0.15) is 8.42 Å². The van der Waals surface area contributed by atoms with E-state index < -0.39 is 10.0 Å². The summed E-state index contributed by atoms with van der Waals surface area (Å²) < 4.78 is 27.9. The van der Waals surface area contributed by atoms with E-state index in [4.69, 9.17) is 0 Å². The number of hydrogen-bond donors (Lipinski definition) is 2. The summed E-state index contributed by atoms with van der Waals surface area (Å²) >= 11 is 0. The van der Waals surface area contributed by atoms with E-state index in [0.717, 1.165) is 0 Å². The molecule has 7 heteroatoms. The van der Waals surface area contributed by atoms with Crippen molar-refractivity contribution in [1.29, 1.82) is 0 Å². The lowest BCUT2D eigenvalue weighted by Gasteiger charge is -2.07. The van der Waals surface area contributed by atoms with Crippen molar-refractivity contribution in [3.63, 3.8) is 0 Å². The molecule has 0 saturated heterocycles. The van der Waals surface area contributed by atoms with Gasteiger partial charge in [-0.3, -0.25) is 4.72 Å². The van der Waals surface area contributed by atoms with Gasteiger partial charge in [0, 0.05) is 18.9 Å². The van der Waals surface area contributed by atoms with Crippen LogP contribution in [0.25, 0.3) is 0 Å². The molecule has 0 aliphatic rings. The van der Waals surface area contributed by atoms with Crippen molar-refractivity contribution < 1.29 is 13.5 Å². The third-order valence-electron chi connectivity index (χ3n) is 2.41. The van der Waals surface area contributed by atoms with E-state index in [9.17, 15) is 13.5 Å². The number of phenols is 1. The highest BCUT2D eigenvalue weighted by atomic mass is 32.2. The summed E-state index contributed by atoms with van der Waals surface area (Å²) in [6.45, 7) is 1.69. The van der Waals surface area contributed by atoms with E-state index in [2.05, 4.69) is 9.71 Å². The number of rotatable bonds is 3. The molecule has 18 heavy (non-hydrogen) atoms. The molecule has 2 aromatic rings. The minimum atomic E-state index is -3.69. The van der Waals surface area contributed by atoms with Crippen LogP contribution >= 0.6 is 0 Å². The van der Waals surface area contributed by atoms with Gasteiger partial charge in [0.05, 0.1) is 6.33 Å². The number of nitrogens with one attached hydrogen (secondary N) is 1. The van der Waals surface area contributed by atoms with Crippen LogP contribution in [0, 0.1) is 6.92 Å². The largest absolute Gasteiger partial charge is 0.508 e. The van der Waals surface area contributed by atoms with E-state index in [1.54, 1.807) is 24.6 Å². The standard InChI is InChI=1S/C11H13N3O3S/c1-8-5-9(3-4-10(8)15)13-18(16,17)11-6-14(2)7-12-11/h3-7,13,15H,1-2H3. The average molecular weight is 267 g/mol. The van der Waals surface area contributed by atoms with Gasteiger partial charge in [0.15, 0.2) is 5.03 Å². The second kappa shape index (κ2) is 4.34. The number of anilines is 1. The Hall–Kier alpha value is -2.02. The summed E-state index contributed by atoms with van der Waals surface area (Å²) in [5.41, 5.74) is 0.979. The summed E-state index contributed by atoms with van der Waals surface area (Å²) in [7, 11) is -1.99. The van der Waals surface area contributed by atoms with Gasteiger partial charge in [-0.05, 0) is 30.7 Å². The maximum Gasteiger partial charge on any atom is 0.280 e. The van der Waals surface area contributed by atoms with Gasteiger partial charge in [0.2, 0.25) is 0 Å². The van der Waals surface area contributed by atoms with Crippen molar-refractivity contribution in [2.24, 2.45) is 7.05 Å². The Labute approximate surface area is 105 Å². The average Bonchev–Trinajstić information content (AvgIpc) is 2.71. The first kappa shape index (κ1) is 12.4. The van der Waals surface area contributed by atoms with Crippen molar-refractivity contribution >= 4 is 15.7 Å². The van der Waals surface area contributed by atoms with Crippen LogP contribution in [-0.4, -0.2) is 23.1 Å². The van der Waals surface area contributed by atoms with Crippen molar-refractivity contribution in [2.45, 2.75) is 11.9 Å². The maximum absolute atomic E-state index is 12.0. The number of aryl methyl sites for hydroxylation is 2. The predicted octanol–water partition coefficient (Wildman–Crippen LogP) is 1.23. The van der Waals surface area contributed by atoms with Crippen LogP contribution in [0.15, 0.2) is 35.7 Å². The number of hydrogen-bond acceptors (Lipinski definition) is 4. The number of sulfonamides is 1. The van der Waals surface area contributed by atoms with Crippen molar-refractivity contribution in [3.8, 4) is 5.75 Å². The Morgan fingerprint density at radius 1 is 1.39 bits per heavy atom. The molecule has 0 unspecified atom stereocenters. The molecule has 0 fully saturated rings. The SMILES string of the molecule is Cc1cc(NS(=O)(=O)c2cn(C)cn2)ccc1O. The second-order valence-corrected chi connectivity index (χ2v) is 5.61. The molecule has 2 rings (SSSR count). The van der Waals surface area contributed by atoms with Crippen LogP contribution in [0.3, 0.4) is 0 Å². The van der Waals surface area contributed by atoms with Crippen molar-refractivity contribution in [3.05, 3.63) is 36.3 Å². The first-order valence-electron chi connectivity index (χ1n) is 5.19. The molecule has 0 saturated carbocycles. The molecule has 0 amide bonds. The molecular weight excluding hydrogens is 254 g/mol. The fraction of sp³-hybridized carbons (Fsp3) is 0.182. The third kappa shape index (κ3) is 2.45. The van der Waals surface area contributed by atoms with Crippen LogP contribution in [-0.2, 0) is 17.1 Å². The zero-order chi connectivity index (χ0) is 13.3. The molecule has 0 aliphatic carbocycles. The zero-order valence-electron chi connectivity index (χ0n) is 9.95. The minimum Gasteiger partial charge on any atom is -0.508 e. The van der Waals surface area contributed by atoms with Gasteiger partial charge in [0.25, 0.3) is 10.0 Å². The number of benzene rings is 1. The number of phenolic OH excluding ortho intramolecular Hbond substituents is 1. The van der Waals surface area contributed by atoms with Gasteiger partial charge in [-0.1, -0.05) is 0 Å². The monoisotopic (exact) mass is 267 g/mol. The fourth-order valence-corrected chi connectivity index (χ4v) is 2.49. The normalized spacial score (nSPS) is 11.4. The Morgan fingerprint density at radius 2 is 2.11 bits per heavy atom. The Bertz CT molecular complexity index is 677. The van der Waals surface area contributed by atoms with Crippen LogP contribution < -0.4 is 4.72 Å². The molecule has 0 radical (unpaired) electrons. The van der Waals surface area contributed by atoms with Gasteiger partial charge in [-0.25, -0.2) is 4.98 Å². The van der Waals surface area contributed by atoms with Crippen LogP contribution in [0.4, 0.5) is 5.69 Å². The van der Waals surface area contributed by atoms with Crippen LogP contribution in [0.5, 0.6) is 5.75 Å². The first-order chi connectivity index (χ1) is 8.38. The quantitative estimate of drug-likeness (QED) is 0.819. The highest BCUT2D eigenvalue weighted by Gasteiger charge is 2.17. The van der Waals surface area contributed by atoms with Gasteiger partial charge in [-0.15, -0.1) is 0 Å². The molecule has 1 heterocycles. The molecule has 6 nitrogen and oxygen atoms in total. The number of nitrogens with zero attached hydrogens (tertiary/aromatic N) is 2. The molecule has 0 atom stereocenters. The third-order valence-corrected chi connectivity index (χ3v) is 3.67. The Morgan fingerprint density at radius 3 is 2.67 bits per heavy atom. The van der Waals surface area contributed by atoms with E-state index >= 15 is 0 Å². The van der Waals surface area contributed by atoms with E-state index in [1.165, 1.54) is 24.7 Å². The number of aromatic nitrogens is 2. The number of aromatic hydroxyl groups is 1. The van der Waals surface area contributed by atoms with E-state index in [0.29, 0.717) is 11.3 Å². The van der Waals surface area contributed by atoms with Crippen molar-refractivity contribution in [2.75, 3.05) is 4.72 Å². The molecule has 0 bridgehead atoms. The van der Waals surface area contributed by atoms with E-state index in [1.807, 2.05) is 0 Å². The van der Waals surface area contributed by atoms with Gasteiger partial charge < -0.3 is 9.67 Å². The van der Waals surface area contributed by atoms with Gasteiger partial charge >= 0.3 is 0 Å². The summed E-state index contributed by atoms with van der Waals surface area (Å²) in [6.07, 6.45) is 2.83. The smallest absolute Gasteiger partial charge is 0.280 e. The molecule has 96 valence electrons. The highest BCUT2D eigenvalue weighted by Crippen LogP contribution is 2.22. The summed E-state index contributed by atoms with van der Waals surface area (Å²) in [4.78, 5) is 3.79. The second-order valence-electron chi connectivity index (χ2n) is 3.98. The highest BCUT2D eigenvalue weighted by molar-refractivity contribution is 7.92. The first-order valence-corrected chi connectivity index (χ1v) is 6.67. The van der Waals surface area contributed by atoms with Crippen molar-refractivity contribution in [1.82, 2.24) is 9.55 Å². The molecule has 0 aliphatic heterocycles. The number of imidazole rings is 1. The lowest BCUT2D eigenvalue weighted by Crippen LogP contribution is -2.13. The lowest BCUT2D eigenvalue weighted by molar-refractivity contribution is 0.471. The predicted molar refractivity (Wildman–Crippen MR) is 66.9 cm³/mol. The van der Waals surface area contributed by atoms with Gasteiger partial charge in [0.1, 0.15) is 5.75 Å².